The molecule has 1 aromatic carbocycles. The zero-order valence-corrected chi connectivity index (χ0v) is 14.8. The summed E-state index contributed by atoms with van der Waals surface area (Å²) in [7, 11) is 1.73. The van der Waals surface area contributed by atoms with Crippen molar-refractivity contribution in [1.29, 1.82) is 0 Å². The average molecular weight is 312 g/mol. The van der Waals surface area contributed by atoms with Crippen LogP contribution in [0.1, 0.15) is 57.1 Å². The Morgan fingerprint density at radius 2 is 2.00 bits per heavy atom. The molecule has 2 heteroatoms. The van der Waals surface area contributed by atoms with E-state index in [1.54, 1.807) is 7.11 Å². The van der Waals surface area contributed by atoms with Gasteiger partial charge in [-0.2, -0.15) is 0 Å². The molecule has 0 N–H and O–H groups in total. The normalized spacial score (nSPS) is 33.9. The number of methoxy groups -OCH3 is 1. The van der Waals surface area contributed by atoms with Crippen LogP contribution in [0.3, 0.4) is 0 Å². The second kappa shape index (κ2) is 6.14. The number of fused-ring (bicyclic) bond motifs is 5. The zero-order valence-electron chi connectivity index (χ0n) is 14.8. The van der Waals surface area contributed by atoms with E-state index in [9.17, 15) is 4.79 Å². The van der Waals surface area contributed by atoms with Crippen molar-refractivity contribution in [1.82, 2.24) is 0 Å². The highest BCUT2D eigenvalue weighted by Gasteiger charge is 2.52. The number of hydrogen-bond donors (Lipinski definition) is 0. The molecular formula is C21H28O2. The van der Waals surface area contributed by atoms with E-state index in [1.807, 2.05) is 19.9 Å². The van der Waals surface area contributed by atoms with Crippen LogP contribution in [0.15, 0.2) is 30.4 Å². The van der Waals surface area contributed by atoms with Crippen LogP contribution in [0.2, 0.25) is 0 Å². The largest absolute Gasteiger partial charge is 0.497 e. The van der Waals surface area contributed by atoms with Gasteiger partial charge in [0.1, 0.15) is 5.75 Å². The van der Waals surface area contributed by atoms with Crippen molar-refractivity contribution in [3.63, 3.8) is 0 Å². The lowest BCUT2D eigenvalue weighted by Gasteiger charge is -2.48. The maximum absolute atomic E-state index is 12.2. The van der Waals surface area contributed by atoms with Crippen LogP contribution in [0.25, 0.3) is 0 Å². The maximum Gasteiger partial charge on any atom is 0.161 e. The van der Waals surface area contributed by atoms with Gasteiger partial charge in [-0.15, -0.1) is 0 Å². The SMILES string of the molecule is CC.COc1ccc2c(c1)CCC1C2CCC2(C)C(=O)C=CC12. The second-order valence-electron chi connectivity index (χ2n) is 7.08. The van der Waals surface area contributed by atoms with Crippen molar-refractivity contribution in [2.45, 2.75) is 52.4 Å². The first-order valence-electron chi connectivity index (χ1n) is 9.03. The summed E-state index contributed by atoms with van der Waals surface area (Å²) in [6.07, 6.45) is 8.52. The Hall–Kier alpha value is -1.57. The molecule has 1 saturated carbocycles. The molecule has 1 fully saturated rings. The first kappa shape index (κ1) is 16.3. The summed E-state index contributed by atoms with van der Waals surface area (Å²) in [5.41, 5.74) is 2.83. The first-order valence-corrected chi connectivity index (χ1v) is 9.03. The van der Waals surface area contributed by atoms with E-state index < -0.39 is 0 Å². The van der Waals surface area contributed by atoms with Crippen molar-refractivity contribution >= 4 is 5.78 Å². The van der Waals surface area contributed by atoms with E-state index in [1.165, 1.54) is 17.5 Å². The Bertz CT molecular complexity index is 631. The number of ether oxygens (including phenoxy) is 1. The Morgan fingerprint density at radius 3 is 2.74 bits per heavy atom. The number of carbonyl (C=O) groups excluding carboxylic acids is 1. The lowest BCUT2D eigenvalue weighted by atomic mass is 9.55. The van der Waals surface area contributed by atoms with Gasteiger partial charge in [0.2, 0.25) is 0 Å². The summed E-state index contributed by atoms with van der Waals surface area (Å²) in [5.74, 6) is 3.01. The molecule has 0 saturated heterocycles. The van der Waals surface area contributed by atoms with Gasteiger partial charge in [-0.1, -0.05) is 32.9 Å². The van der Waals surface area contributed by atoms with Crippen molar-refractivity contribution in [2.75, 3.05) is 7.11 Å². The van der Waals surface area contributed by atoms with Gasteiger partial charge in [0.15, 0.2) is 5.78 Å². The van der Waals surface area contributed by atoms with Gasteiger partial charge < -0.3 is 4.74 Å². The number of hydrogen-bond acceptors (Lipinski definition) is 2. The van der Waals surface area contributed by atoms with E-state index in [4.69, 9.17) is 4.74 Å². The highest BCUT2D eigenvalue weighted by Crippen LogP contribution is 2.57. The van der Waals surface area contributed by atoms with Crippen molar-refractivity contribution < 1.29 is 9.53 Å². The van der Waals surface area contributed by atoms with E-state index in [2.05, 4.69) is 31.2 Å². The number of carbonyl (C=O) groups is 1. The molecule has 124 valence electrons. The fourth-order valence-corrected chi connectivity index (χ4v) is 4.96. The molecule has 0 radical (unpaired) electrons. The van der Waals surface area contributed by atoms with Gasteiger partial charge in [0.25, 0.3) is 0 Å². The minimum absolute atomic E-state index is 0.120. The van der Waals surface area contributed by atoms with Crippen LogP contribution in [-0.2, 0) is 11.2 Å². The molecule has 0 spiro atoms. The predicted molar refractivity (Wildman–Crippen MR) is 93.9 cm³/mol. The quantitative estimate of drug-likeness (QED) is 0.735. The molecule has 4 unspecified atom stereocenters. The monoisotopic (exact) mass is 312 g/mol. The number of benzene rings is 1. The Balaban J connectivity index is 0.000000753. The molecule has 23 heavy (non-hydrogen) atoms. The number of rotatable bonds is 1. The van der Waals surface area contributed by atoms with Crippen LogP contribution < -0.4 is 4.74 Å². The summed E-state index contributed by atoms with van der Waals surface area (Å²) < 4.78 is 5.36. The summed E-state index contributed by atoms with van der Waals surface area (Å²) in [4.78, 5) is 12.2. The highest BCUT2D eigenvalue weighted by atomic mass is 16.5. The van der Waals surface area contributed by atoms with Gasteiger partial charge in [-0.3, -0.25) is 4.79 Å². The third-order valence-electron chi connectivity index (χ3n) is 6.20. The lowest BCUT2D eigenvalue weighted by Crippen LogP contribution is -2.42. The van der Waals surface area contributed by atoms with Crippen LogP contribution >= 0.6 is 0 Å². The van der Waals surface area contributed by atoms with Gasteiger partial charge in [-0.25, -0.2) is 0 Å². The predicted octanol–water partition coefficient (Wildman–Crippen LogP) is 4.92. The number of allylic oxidation sites excluding steroid dienone is 2. The Morgan fingerprint density at radius 1 is 1.22 bits per heavy atom. The van der Waals surface area contributed by atoms with Crippen LogP contribution in [-0.4, -0.2) is 12.9 Å². The van der Waals surface area contributed by atoms with Crippen LogP contribution in [0.4, 0.5) is 0 Å². The van der Waals surface area contributed by atoms with E-state index >= 15 is 0 Å². The van der Waals surface area contributed by atoms with E-state index in [0.29, 0.717) is 23.5 Å². The minimum Gasteiger partial charge on any atom is -0.497 e. The molecule has 3 aliphatic carbocycles. The zero-order chi connectivity index (χ0) is 16.6. The van der Waals surface area contributed by atoms with E-state index in [-0.39, 0.29) is 5.41 Å². The topological polar surface area (TPSA) is 26.3 Å². The van der Waals surface area contributed by atoms with Crippen molar-refractivity contribution in [2.24, 2.45) is 17.3 Å². The minimum atomic E-state index is -0.120. The lowest BCUT2D eigenvalue weighted by molar-refractivity contribution is -0.126. The fourth-order valence-electron chi connectivity index (χ4n) is 4.96. The summed E-state index contributed by atoms with van der Waals surface area (Å²) >= 11 is 0. The van der Waals surface area contributed by atoms with Crippen LogP contribution in [0, 0.1) is 17.3 Å². The molecular weight excluding hydrogens is 284 g/mol. The van der Waals surface area contributed by atoms with Gasteiger partial charge in [-0.05, 0) is 72.8 Å². The van der Waals surface area contributed by atoms with Gasteiger partial charge >= 0.3 is 0 Å². The molecule has 0 bridgehead atoms. The summed E-state index contributed by atoms with van der Waals surface area (Å²) in [6, 6.07) is 6.55. The number of aryl methyl sites for hydroxylation is 1. The third-order valence-corrected chi connectivity index (χ3v) is 6.20. The van der Waals surface area contributed by atoms with E-state index in [0.717, 1.165) is 25.0 Å². The fraction of sp³-hybridized carbons (Fsp3) is 0.571. The molecule has 3 aliphatic rings. The van der Waals surface area contributed by atoms with Gasteiger partial charge in [0.05, 0.1) is 7.11 Å². The second-order valence-corrected chi connectivity index (χ2v) is 7.08. The van der Waals surface area contributed by atoms with Crippen LogP contribution in [0.5, 0.6) is 5.75 Å². The smallest absolute Gasteiger partial charge is 0.161 e. The molecule has 4 atom stereocenters. The molecule has 0 heterocycles. The molecule has 1 aromatic rings. The van der Waals surface area contributed by atoms with Crippen molar-refractivity contribution in [3.05, 3.63) is 41.5 Å². The Kier molecular flexibility index (Phi) is 4.35. The Labute approximate surface area is 139 Å². The maximum atomic E-state index is 12.2. The molecule has 2 nitrogen and oxygen atoms in total. The van der Waals surface area contributed by atoms with Crippen molar-refractivity contribution in [3.8, 4) is 5.75 Å². The standard InChI is InChI=1S/C19H22O2.C2H6/c1-19-10-9-15-14-6-4-13(21-2)11-12(14)3-5-16(15)17(19)7-8-18(19)20;1-2/h4,6-8,11,15-17H,3,5,9-10H2,1-2H3;1-2H3. The molecule has 0 aliphatic heterocycles. The molecule has 4 rings (SSSR count). The third kappa shape index (κ3) is 2.43. The summed E-state index contributed by atoms with van der Waals surface area (Å²) in [5, 5.41) is 0. The average Bonchev–Trinajstić information content (AvgIpc) is 2.91. The summed E-state index contributed by atoms with van der Waals surface area (Å²) in [6.45, 7) is 6.18. The van der Waals surface area contributed by atoms with Gasteiger partial charge in [0, 0.05) is 5.41 Å². The first-order chi connectivity index (χ1) is 11.1. The number of ketones is 1. The molecule has 0 amide bonds. The highest BCUT2D eigenvalue weighted by molar-refractivity contribution is 5.97. The molecule has 0 aromatic heterocycles.